The van der Waals surface area contributed by atoms with Crippen molar-refractivity contribution in [2.75, 3.05) is 11.5 Å². The van der Waals surface area contributed by atoms with Crippen molar-refractivity contribution < 1.29 is 4.79 Å². The molecular weight excluding hydrogens is 396 g/mol. The minimum absolute atomic E-state index is 0.139. The lowest BCUT2D eigenvalue weighted by molar-refractivity contribution is -0.134. The van der Waals surface area contributed by atoms with Gasteiger partial charge in [0.05, 0.1) is 5.75 Å². The van der Waals surface area contributed by atoms with Gasteiger partial charge in [0.25, 0.3) is 0 Å². The number of aromatic nitrogens is 4. The lowest BCUT2D eigenvalue weighted by atomic mass is 9.98. The van der Waals surface area contributed by atoms with Crippen molar-refractivity contribution >= 4 is 29.3 Å². The second-order valence-electron chi connectivity index (χ2n) is 8.06. The van der Waals surface area contributed by atoms with Crippen LogP contribution in [-0.4, -0.2) is 48.2 Å². The molecule has 0 spiro atoms. The molecule has 1 amide bonds. The average Bonchev–Trinajstić information content (AvgIpc) is 3.15. The molecule has 0 radical (unpaired) electrons. The number of nitrogen functional groups attached to an aromatic ring is 1. The third-order valence-electron chi connectivity index (χ3n) is 5.88. The zero-order valence-corrected chi connectivity index (χ0v) is 18.5. The van der Waals surface area contributed by atoms with Gasteiger partial charge in [-0.1, -0.05) is 42.1 Å². The maximum atomic E-state index is 12.9. The fraction of sp³-hybridized carbons (Fsp3) is 0.455. The van der Waals surface area contributed by atoms with Crippen molar-refractivity contribution in [2.45, 2.75) is 63.7 Å². The van der Waals surface area contributed by atoms with Gasteiger partial charge in [0.1, 0.15) is 0 Å². The van der Waals surface area contributed by atoms with Gasteiger partial charge in [-0.15, -0.1) is 10.2 Å². The molecule has 2 N–H and O–H groups in total. The molecule has 1 aliphatic rings. The summed E-state index contributed by atoms with van der Waals surface area (Å²) in [6.07, 6.45) is 4.01. The van der Waals surface area contributed by atoms with E-state index >= 15 is 0 Å². The van der Waals surface area contributed by atoms with Gasteiger partial charge < -0.3 is 10.6 Å². The predicted octanol–water partition coefficient (Wildman–Crippen LogP) is 3.49. The normalized spacial score (nSPS) is 19.4. The first-order valence-corrected chi connectivity index (χ1v) is 11.4. The molecule has 2 aromatic heterocycles. The number of carbonyl (C=O) groups is 1. The maximum Gasteiger partial charge on any atom is 0.233 e. The average molecular weight is 425 g/mol. The number of aryl methyl sites for hydroxylation is 1. The monoisotopic (exact) mass is 424 g/mol. The van der Waals surface area contributed by atoms with Crippen LogP contribution in [0.2, 0.25) is 0 Å². The van der Waals surface area contributed by atoms with Crippen LogP contribution in [0.3, 0.4) is 0 Å². The molecule has 1 aromatic carbocycles. The van der Waals surface area contributed by atoms with Crippen LogP contribution < -0.4 is 5.73 Å². The number of amides is 1. The molecule has 2 atom stereocenters. The van der Waals surface area contributed by atoms with E-state index in [-0.39, 0.29) is 18.0 Å². The molecule has 4 rings (SSSR count). The molecule has 3 heterocycles. The van der Waals surface area contributed by atoms with E-state index in [2.05, 4.69) is 41.2 Å². The van der Waals surface area contributed by atoms with Crippen LogP contribution in [0, 0.1) is 6.92 Å². The van der Waals surface area contributed by atoms with E-state index in [1.165, 1.54) is 23.7 Å². The highest BCUT2D eigenvalue weighted by molar-refractivity contribution is 7.99. The molecule has 1 aliphatic heterocycles. The van der Waals surface area contributed by atoms with Gasteiger partial charge in [-0.05, 0) is 45.6 Å². The van der Waals surface area contributed by atoms with Gasteiger partial charge in [-0.2, -0.15) is 0 Å². The highest BCUT2D eigenvalue weighted by atomic mass is 32.2. The van der Waals surface area contributed by atoms with E-state index in [1.807, 2.05) is 30.0 Å². The Labute approximate surface area is 181 Å². The number of benzene rings is 1. The van der Waals surface area contributed by atoms with Crippen molar-refractivity contribution in [3.63, 3.8) is 0 Å². The van der Waals surface area contributed by atoms with Crippen LogP contribution in [0.5, 0.6) is 0 Å². The number of nitrogens with zero attached hydrogens (tertiary/aromatic N) is 5. The Morgan fingerprint density at radius 1 is 1.17 bits per heavy atom. The number of nitrogens with two attached hydrogens (primary N) is 1. The number of thioether (sulfide) groups is 1. The number of hydrogen-bond donors (Lipinski definition) is 1. The highest BCUT2D eigenvalue weighted by Gasteiger charge is 2.29. The molecule has 0 aliphatic carbocycles. The van der Waals surface area contributed by atoms with E-state index in [0.717, 1.165) is 24.1 Å². The van der Waals surface area contributed by atoms with Crippen LogP contribution in [0.25, 0.3) is 5.65 Å². The Kier molecular flexibility index (Phi) is 5.94. The van der Waals surface area contributed by atoms with Crippen molar-refractivity contribution in [1.29, 1.82) is 0 Å². The molecule has 1 saturated heterocycles. The van der Waals surface area contributed by atoms with Gasteiger partial charge in [0.2, 0.25) is 11.9 Å². The SMILES string of the molecule is Cc1nc(N)n2c(SCC(=O)N3[C@H](C)CCC[C@H]3C)nnc2c1Cc1ccccc1. The van der Waals surface area contributed by atoms with Gasteiger partial charge in [0, 0.05) is 29.8 Å². The van der Waals surface area contributed by atoms with E-state index in [0.29, 0.717) is 28.9 Å². The van der Waals surface area contributed by atoms with Gasteiger partial charge in [-0.3, -0.25) is 4.79 Å². The zero-order chi connectivity index (χ0) is 21.3. The van der Waals surface area contributed by atoms with Crippen LogP contribution in [0.15, 0.2) is 35.5 Å². The summed E-state index contributed by atoms with van der Waals surface area (Å²) in [6, 6.07) is 10.8. The summed E-state index contributed by atoms with van der Waals surface area (Å²) in [6.45, 7) is 6.20. The van der Waals surface area contributed by atoms with E-state index in [1.54, 1.807) is 4.40 Å². The highest BCUT2D eigenvalue weighted by Crippen LogP contribution is 2.27. The summed E-state index contributed by atoms with van der Waals surface area (Å²) in [5, 5.41) is 9.35. The number of fused-ring (bicyclic) bond motifs is 1. The molecule has 1 fully saturated rings. The van der Waals surface area contributed by atoms with Gasteiger partial charge in [-0.25, -0.2) is 9.38 Å². The standard InChI is InChI=1S/C22H28N6OS/c1-14-8-7-9-15(2)27(14)19(29)13-30-22-26-25-20-18(12-17-10-5-4-6-11-17)16(3)24-21(23)28(20)22/h4-6,10-11,14-15H,7-9,12-13H2,1-3H3,(H2,23,24)/t14-,15-/m1/s1. The van der Waals surface area contributed by atoms with Crippen molar-refractivity contribution in [1.82, 2.24) is 24.5 Å². The van der Waals surface area contributed by atoms with Crippen LogP contribution >= 0.6 is 11.8 Å². The first kappa shape index (κ1) is 20.7. The molecule has 30 heavy (non-hydrogen) atoms. The molecule has 7 nitrogen and oxygen atoms in total. The Morgan fingerprint density at radius 2 is 1.87 bits per heavy atom. The van der Waals surface area contributed by atoms with Gasteiger partial charge in [0.15, 0.2) is 10.8 Å². The third-order valence-corrected chi connectivity index (χ3v) is 6.80. The third kappa shape index (κ3) is 4.01. The van der Waals surface area contributed by atoms with E-state index < -0.39 is 0 Å². The fourth-order valence-electron chi connectivity index (χ4n) is 4.34. The Bertz CT molecular complexity index is 1040. The topological polar surface area (TPSA) is 89.4 Å². The summed E-state index contributed by atoms with van der Waals surface area (Å²) in [5.74, 6) is 0.801. The minimum Gasteiger partial charge on any atom is -0.369 e. The number of anilines is 1. The summed E-state index contributed by atoms with van der Waals surface area (Å²) in [5.41, 5.74) is 9.95. The second-order valence-corrected chi connectivity index (χ2v) is 9.00. The Hall–Kier alpha value is -2.61. The van der Waals surface area contributed by atoms with E-state index in [9.17, 15) is 4.79 Å². The number of likely N-dealkylation sites (tertiary alicyclic amines) is 1. The first-order chi connectivity index (χ1) is 14.5. The quantitative estimate of drug-likeness (QED) is 0.631. The lowest BCUT2D eigenvalue weighted by Gasteiger charge is -2.39. The Balaban J connectivity index is 1.58. The van der Waals surface area contributed by atoms with Crippen LogP contribution in [0.4, 0.5) is 5.95 Å². The minimum atomic E-state index is 0.139. The smallest absolute Gasteiger partial charge is 0.233 e. The van der Waals surface area contributed by atoms with E-state index in [4.69, 9.17) is 5.73 Å². The summed E-state index contributed by atoms with van der Waals surface area (Å²) in [7, 11) is 0. The van der Waals surface area contributed by atoms with Crippen molar-refractivity contribution in [3.8, 4) is 0 Å². The summed E-state index contributed by atoms with van der Waals surface area (Å²) >= 11 is 1.38. The number of hydrogen-bond acceptors (Lipinski definition) is 6. The molecule has 8 heteroatoms. The van der Waals surface area contributed by atoms with Crippen molar-refractivity contribution in [2.24, 2.45) is 0 Å². The van der Waals surface area contributed by atoms with Crippen molar-refractivity contribution in [3.05, 3.63) is 47.2 Å². The maximum absolute atomic E-state index is 12.9. The zero-order valence-electron chi connectivity index (χ0n) is 17.7. The fourth-order valence-corrected chi connectivity index (χ4v) is 5.15. The first-order valence-electron chi connectivity index (χ1n) is 10.4. The van der Waals surface area contributed by atoms with Crippen LogP contribution in [0.1, 0.15) is 49.9 Å². The Morgan fingerprint density at radius 3 is 2.57 bits per heavy atom. The number of piperidine rings is 1. The number of rotatable bonds is 5. The molecule has 0 saturated carbocycles. The molecular formula is C22H28N6OS. The van der Waals surface area contributed by atoms with Crippen LogP contribution in [-0.2, 0) is 11.2 Å². The lowest BCUT2D eigenvalue weighted by Crippen LogP contribution is -2.48. The number of carbonyl (C=O) groups excluding carboxylic acids is 1. The predicted molar refractivity (Wildman–Crippen MR) is 120 cm³/mol. The molecule has 3 aromatic rings. The second kappa shape index (κ2) is 8.63. The van der Waals surface area contributed by atoms with Gasteiger partial charge >= 0.3 is 0 Å². The molecule has 0 bridgehead atoms. The summed E-state index contributed by atoms with van der Waals surface area (Å²) in [4.78, 5) is 19.4. The molecule has 158 valence electrons. The molecule has 0 unspecified atom stereocenters. The largest absolute Gasteiger partial charge is 0.369 e. The summed E-state index contributed by atoms with van der Waals surface area (Å²) < 4.78 is 1.77.